The van der Waals surface area contributed by atoms with Crippen molar-refractivity contribution in [1.29, 1.82) is 0 Å². The Morgan fingerprint density at radius 2 is 2.17 bits per heavy atom. The highest BCUT2D eigenvalue weighted by atomic mass is 16.5. The third-order valence-corrected chi connectivity index (χ3v) is 5.68. The van der Waals surface area contributed by atoms with Crippen LogP contribution in [0.1, 0.15) is 43.5 Å². The number of aromatic carboxylic acids is 1. The van der Waals surface area contributed by atoms with Crippen molar-refractivity contribution in [3.63, 3.8) is 0 Å². The summed E-state index contributed by atoms with van der Waals surface area (Å²) in [6.07, 6.45) is 4.73. The molecule has 152 valence electrons. The molecule has 0 bridgehead atoms. The standard InChI is InChI=1S/C22H25N3O4/c1-3-14(2)6-5-11-29-19-8-4-7-15-20(19)23-25-10-9-24-13-16(22(27)28)18(26)12-17(24)21(15)25/h4,7-8,12-14H,3,5-6,9-11H2,1-2H3,(H,27,28). The largest absolute Gasteiger partial charge is 0.491 e. The van der Waals surface area contributed by atoms with Gasteiger partial charge in [0.25, 0.3) is 0 Å². The fourth-order valence-corrected chi connectivity index (χ4v) is 3.82. The molecule has 1 aromatic carbocycles. The van der Waals surface area contributed by atoms with Crippen molar-refractivity contribution in [3.8, 4) is 17.1 Å². The van der Waals surface area contributed by atoms with Crippen LogP contribution in [0.4, 0.5) is 0 Å². The molecule has 1 aliphatic heterocycles. The van der Waals surface area contributed by atoms with E-state index in [1.807, 2.05) is 27.4 Å². The van der Waals surface area contributed by atoms with E-state index in [1.165, 1.54) is 18.7 Å². The number of hydrogen-bond donors (Lipinski definition) is 1. The Morgan fingerprint density at radius 1 is 1.34 bits per heavy atom. The van der Waals surface area contributed by atoms with Crippen LogP contribution in [-0.4, -0.2) is 32.0 Å². The van der Waals surface area contributed by atoms with Crippen molar-refractivity contribution in [1.82, 2.24) is 14.3 Å². The normalized spacial score (nSPS) is 13.7. The fraction of sp³-hybridized carbons (Fsp3) is 0.409. The molecule has 4 rings (SSSR count). The van der Waals surface area contributed by atoms with E-state index in [-0.39, 0.29) is 5.56 Å². The quantitative estimate of drug-likeness (QED) is 0.615. The highest BCUT2D eigenvalue weighted by Crippen LogP contribution is 2.35. The number of carbonyl (C=O) groups is 1. The molecule has 3 aromatic rings. The molecular formula is C22H25N3O4. The maximum absolute atomic E-state index is 12.3. The Balaban J connectivity index is 1.69. The molecule has 0 saturated carbocycles. The number of carboxylic acids is 1. The van der Waals surface area contributed by atoms with Crippen molar-refractivity contribution >= 4 is 16.9 Å². The Bertz CT molecular complexity index is 1130. The lowest BCUT2D eigenvalue weighted by Crippen LogP contribution is -2.24. The monoisotopic (exact) mass is 395 g/mol. The summed E-state index contributed by atoms with van der Waals surface area (Å²) in [5.74, 6) is 0.228. The van der Waals surface area contributed by atoms with E-state index in [0.29, 0.717) is 31.3 Å². The number of nitrogens with zero attached hydrogens (tertiary/aromatic N) is 3. The lowest BCUT2D eigenvalue weighted by Gasteiger charge is -2.21. The van der Waals surface area contributed by atoms with Gasteiger partial charge in [0.05, 0.1) is 24.5 Å². The minimum atomic E-state index is -1.21. The Hall–Kier alpha value is -3.09. The molecule has 1 unspecified atom stereocenters. The lowest BCUT2D eigenvalue weighted by molar-refractivity contribution is 0.0694. The summed E-state index contributed by atoms with van der Waals surface area (Å²) >= 11 is 0. The Morgan fingerprint density at radius 3 is 2.93 bits per heavy atom. The minimum absolute atomic E-state index is 0.212. The lowest BCUT2D eigenvalue weighted by atomic mass is 10.0. The van der Waals surface area contributed by atoms with Crippen LogP contribution in [0.3, 0.4) is 0 Å². The van der Waals surface area contributed by atoms with Gasteiger partial charge in [0.2, 0.25) is 0 Å². The van der Waals surface area contributed by atoms with Crippen LogP contribution in [-0.2, 0) is 13.1 Å². The first-order valence-electron chi connectivity index (χ1n) is 10.1. The van der Waals surface area contributed by atoms with Crippen molar-refractivity contribution < 1.29 is 14.6 Å². The smallest absolute Gasteiger partial charge is 0.341 e. The van der Waals surface area contributed by atoms with Gasteiger partial charge in [-0.3, -0.25) is 9.48 Å². The predicted molar refractivity (Wildman–Crippen MR) is 111 cm³/mol. The zero-order valence-electron chi connectivity index (χ0n) is 16.7. The molecule has 0 aliphatic carbocycles. The van der Waals surface area contributed by atoms with Gasteiger partial charge in [0.15, 0.2) is 5.43 Å². The van der Waals surface area contributed by atoms with Crippen LogP contribution in [0.5, 0.6) is 5.75 Å². The van der Waals surface area contributed by atoms with Crippen LogP contribution in [0.25, 0.3) is 22.3 Å². The highest BCUT2D eigenvalue weighted by Gasteiger charge is 2.24. The maximum Gasteiger partial charge on any atom is 0.341 e. The van der Waals surface area contributed by atoms with Crippen LogP contribution in [0.15, 0.2) is 35.3 Å². The molecule has 1 aliphatic rings. The van der Waals surface area contributed by atoms with Gasteiger partial charge in [0, 0.05) is 24.2 Å². The number of rotatable bonds is 7. The molecule has 0 spiro atoms. The second kappa shape index (κ2) is 7.73. The van der Waals surface area contributed by atoms with Crippen molar-refractivity contribution in [2.75, 3.05) is 6.61 Å². The van der Waals surface area contributed by atoms with E-state index >= 15 is 0 Å². The van der Waals surface area contributed by atoms with E-state index in [1.54, 1.807) is 0 Å². The van der Waals surface area contributed by atoms with Gasteiger partial charge in [0.1, 0.15) is 16.8 Å². The third-order valence-electron chi connectivity index (χ3n) is 5.68. The summed E-state index contributed by atoms with van der Waals surface area (Å²) in [6.45, 7) is 6.25. The predicted octanol–water partition coefficient (Wildman–Crippen LogP) is 3.78. The molecule has 0 radical (unpaired) electrons. The SMILES string of the molecule is CCC(C)CCCOc1cccc2c3n(nc12)CCn1cc(C(=O)O)c(=O)cc1-3. The number of hydrogen-bond acceptors (Lipinski definition) is 4. The zero-order chi connectivity index (χ0) is 20.5. The molecule has 1 atom stereocenters. The molecule has 0 saturated heterocycles. The van der Waals surface area contributed by atoms with Gasteiger partial charge in [-0.15, -0.1) is 0 Å². The molecule has 0 fully saturated rings. The van der Waals surface area contributed by atoms with E-state index in [4.69, 9.17) is 9.84 Å². The van der Waals surface area contributed by atoms with Crippen molar-refractivity contribution in [2.24, 2.45) is 5.92 Å². The van der Waals surface area contributed by atoms with Crippen LogP contribution >= 0.6 is 0 Å². The van der Waals surface area contributed by atoms with Gasteiger partial charge >= 0.3 is 5.97 Å². The number of ether oxygens (including phenoxy) is 1. The Kier molecular flexibility index (Phi) is 5.13. The average Bonchev–Trinajstić information content (AvgIpc) is 3.10. The van der Waals surface area contributed by atoms with E-state index < -0.39 is 11.4 Å². The first kappa shape index (κ1) is 19.2. The number of pyridine rings is 1. The van der Waals surface area contributed by atoms with Crippen LogP contribution < -0.4 is 10.2 Å². The molecule has 3 heterocycles. The second-order valence-electron chi connectivity index (χ2n) is 7.66. The van der Waals surface area contributed by atoms with Crippen molar-refractivity contribution in [3.05, 3.63) is 46.2 Å². The first-order valence-corrected chi connectivity index (χ1v) is 10.1. The highest BCUT2D eigenvalue weighted by molar-refractivity contribution is 5.96. The second-order valence-corrected chi connectivity index (χ2v) is 7.66. The van der Waals surface area contributed by atoms with Crippen LogP contribution in [0.2, 0.25) is 0 Å². The summed E-state index contributed by atoms with van der Waals surface area (Å²) in [5.41, 5.74) is 1.57. The summed E-state index contributed by atoms with van der Waals surface area (Å²) in [5, 5.41) is 14.9. The molecular weight excluding hydrogens is 370 g/mol. The number of carboxylic acid groups (broad SMARTS) is 1. The van der Waals surface area contributed by atoms with Gasteiger partial charge in [-0.1, -0.05) is 32.4 Å². The summed E-state index contributed by atoms with van der Waals surface area (Å²) in [4.78, 5) is 23.6. The summed E-state index contributed by atoms with van der Waals surface area (Å²) in [7, 11) is 0. The molecule has 7 nitrogen and oxygen atoms in total. The fourth-order valence-electron chi connectivity index (χ4n) is 3.82. The topological polar surface area (TPSA) is 86.3 Å². The summed E-state index contributed by atoms with van der Waals surface area (Å²) < 4.78 is 9.73. The van der Waals surface area contributed by atoms with Gasteiger partial charge in [-0.05, 0) is 24.8 Å². The van der Waals surface area contributed by atoms with Crippen LogP contribution in [0, 0.1) is 5.92 Å². The molecule has 29 heavy (non-hydrogen) atoms. The number of benzene rings is 1. The first-order chi connectivity index (χ1) is 14.0. The van der Waals surface area contributed by atoms with Gasteiger partial charge in [-0.2, -0.15) is 5.10 Å². The molecule has 2 aromatic heterocycles. The zero-order valence-corrected chi connectivity index (χ0v) is 16.7. The van der Waals surface area contributed by atoms with E-state index in [9.17, 15) is 14.7 Å². The Labute approximate surface area is 168 Å². The minimum Gasteiger partial charge on any atom is -0.491 e. The molecule has 0 amide bonds. The maximum atomic E-state index is 12.3. The molecule has 7 heteroatoms. The van der Waals surface area contributed by atoms with Crippen molar-refractivity contribution in [2.45, 2.75) is 46.2 Å². The average molecular weight is 395 g/mol. The number of aryl methyl sites for hydroxylation is 2. The van der Waals surface area contributed by atoms with E-state index in [2.05, 4.69) is 13.8 Å². The van der Waals surface area contributed by atoms with Gasteiger partial charge in [-0.25, -0.2) is 4.79 Å². The number of fused-ring (bicyclic) bond motifs is 5. The van der Waals surface area contributed by atoms with E-state index in [0.717, 1.165) is 35.2 Å². The third kappa shape index (κ3) is 3.52. The summed E-state index contributed by atoms with van der Waals surface area (Å²) in [6, 6.07) is 7.21. The molecule has 1 N–H and O–H groups in total. The number of aromatic nitrogens is 3. The van der Waals surface area contributed by atoms with Gasteiger partial charge < -0.3 is 14.4 Å².